The van der Waals surface area contributed by atoms with Crippen molar-refractivity contribution >= 4 is 33.8 Å². The highest BCUT2D eigenvalue weighted by atomic mass is 19.1. The summed E-state index contributed by atoms with van der Waals surface area (Å²) in [5, 5.41) is 16.2. The fourth-order valence-corrected chi connectivity index (χ4v) is 4.86. The minimum absolute atomic E-state index is 0.128. The van der Waals surface area contributed by atoms with Crippen LogP contribution in [-0.4, -0.2) is 55.5 Å². The van der Waals surface area contributed by atoms with Gasteiger partial charge in [0.05, 0.1) is 17.4 Å². The van der Waals surface area contributed by atoms with E-state index in [9.17, 15) is 9.18 Å². The lowest BCUT2D eigenvalue weighted by atomic mass is 10.0. The number of rotatable bonds is 5. The number of hydrogen-bond donors (Lipinski definition) is 2. The van der Waals surface area contributed by atoms with Crippen LogP contribution in [-0.2, 0) is 7.05 Å². The number of nitrogens with zero attached hydrogens (tertiary/aromatic N) is 6. The second-order valence-electron chi connectivity index (χ2n) is 9.36. The molecule has 0 unspecified atom stereocenters. The quantitative estimate of drug-likeness (QED) is 0.474. The summed E-state index contributed by atoms with van der Waals surface area (Å²) in [7, 11) is 1.85. The summed E-state index contributed by atoms with van der Waals surface area (Å²) in [5.74, 6) is -0.435. The lowest BCUT2D eigenvalue weighted by Crippen LogP contribution is -2.43. The molecule has 1 saturated heterocycles. The molecule has 0 radical (unpaired) electrons. The molecule has 4 heterocycles. The monoisotopic (exact) mass is 462 g/mol. The maximum Gasteiger partial charge on any atom is 0.257 e. The van der Waals surface area contributed by atoms with Gasteiger partial charge < -0.3 is 15.5 Å². The highest BCUT2D eigenvalue weighted by molar-refractivity contribution is 6.13. The first-order valence-electron chi connectivity index (χ1n) is 11.8. The van der Waals surface area contributed by atoms with Crippen LogP contribution < -0.4 is 15.5 Å². The maximum atomic E-state index is 14.4. The molecule has 1 aromatic carbocycles. The number of aromatic nitrogens is 5. The summed E-state index contributed by atoms with van der Waals surface area (Å²) < 4.78 is 17.5. The fourth-order valence-electron chi connectivity index (χ4n) is 4.86. The van der Waals surface area contributed by atoms with E-state index in [1.54, 1.807) is 17.8 Å². The molecule has 2 aliphatic rings. The van der Waals surface area contributed by atoms with E-state index >= 15 is 0 Å². The summed E-state index contributed by atoms with van der Waals surface area (Å²) >= 11 is 0. The van der Waals surface area contributed by atoms with Crippen LogP contribution in [0, 0.1) is 12.7 Å². The number of halogens is 1. The zero-order valence-electron chi connectivity index (χ0n) is 19.3. The molecule has 1 aliphatic carbocycles. The number of nitrogens with one attached hydrogen (secondary N) is 2. The third-order valence-electron chi connectivity index (χ3n) is 6.65. The Morgan fingerprint density at radius 3 is 2.62 bits per heavy atom. The van der Waals surface area contributed by atoms with Crippen molar-refractivity contribution in [3.63, 3.8) is 0 Å². The third kappa shape index (κ3) is 3.87. The van der Waals surface area contributed by atoms with Crippen LogP contribution in [0.5, 0.6) is 0 Å². The molecule has 9 nitrogen and oxygen atoms in total. The predicted molar refractivity (Wildman–Crippen MR) is 128 cm³/mol. The average Bonchev–Trinajstić information content (AvgIpc) is 3.40. The van der Waals surface area contributed by atoms with Crippen molar-refractivity contribution < 1.29 is 9.18 Å². The smallest absolute Gasteiger partial charge is 0.257 e. The van der Waals surface area contributed by atoms with Gasteiger partial charge in [-0.05, 0) is 44.7 Å². The van der Waals surface area contributed by atoms with Crippen molar-refractivity contribution in [2.75, 3.05) is 23.3 Å². The van der Waals surface area contributed by atoms with Gasteiger partial charge in [0.1, 0.15) is 11.3 Å². The number of fused-ring (bicyclic) bond motifs is 2. The molecule has 1 amide bonds. The topological polar surface area (TPSA) is 92.4 Å². The number of carbonyl (C=O) groups is 1. The van der Waals surface area contributed by atoms with Crippen molar-refractivity contribution in [2.24, 2.45) is 7.05 Å². The number of aryl methyl sites for hydroxylation is 2. The van der Waals surface area contributed by atoms with Gasteiger partial charge >= 0.3 is 0 Å². The number of benzene rings is 1. The van der Waals surface area contributed by atoms with E-state index in [2.05, 4.69) is 30.7 Å². The Morgan fingerprint density at radius 1 is 1.09 bits per heavy atom. The minimum atomic E-state index is -0.545. The Labute approximate surface area is 195 Å². The molecule has 176 valence electrons. The lowest BCUT2D eigenvalue weighted by molar-refractivity contribution is 0.102. The van der Waals surface area contributed by atoms with E-state index in [1.165, 1.54) is 23.4 Å². The van der Waals surface area contributed by atoms with Gasteiger partial charge in [-0.3, -0.25) is 9.48 Å². The zero-order valence-corrected chi connectivity index (χ0v) is 19.3. The van der Waals surface area contributed by atoms with Crippen molar-refractivity contribution in [2.45, 2.75) is 44.7 Å². The molecule has 1 saturated carbocycles. The Kier molecular flexibility index (Phi) is 4.98. The van der Waals surface area contributed by atoms with Crippen molar-refractivity contribution in [3.8, 4) is 0 Å². The number of anilines is 2. The number of piperidine rings is 1. The molecule has 2 N–H and O–H groups in total. The van der Waals surface area contributed by atoms with E-state index in [1.807, 2.05) is 25.4 Å². The van der Waals surface area contributed by atoms with Crippen LogP contribution >= 0.6 is 0 Å². The Morgan fingerprint density at radius 2 is 1.85 bits per heavy atom. The van der Waals surface area contributed by atoms with E-state index in [0.29, 0.717) is 28.6 Å². The van der Waals surface area contributed by atoms with Crippen molar-refractivity contribution in [1.29, 1.82) is 0 Å². The van der Waals surface area contributed by atoms with Gasteiger partial charge in [0.15, 0.2) is 11.5 Å². The molecule has 1 aliphatic heterocycles. The summed E-state index contributed by atoms with van der Waals surface area (Å²) in [6.07, 6.45) is 8.34. The standard InChI is InChI=1S/C24H27FN8O/c1-14-26-23-20(25)11-17(12-33(23)29-14)28-24(34)18-5-6-21(19-13-31(2)30-22(18)19)32-9-7-16(8-10-32)27-15-3-4-15/h5-6,11-13,15-16,27H,3-4,7-10H2,1-2H3,(H,28,34). The van der Waals surface area contributed by atoms with Gasteiger partial charge in [-0.2, -0.15) is 10.2 Å². The number of pyridine rings is 1. The highest BCUT2D eigenvalue weighted by Crippen LogP contribution is 2.32. The van der Waals surface area contributed by atoms with Gasteiger partial charge in [0.2, 0.25) is 0 Å². The molecule has 4 aromatic rings. The van der Waals surface area contributed by atoms with Crippen LogP contribution in [0.3, 0.4) is 0 Å². The van der Waals surface area contributed by atoms with Gasteiger partial charge in [0, 0.05) is 55.6 Å². The summed E-state index contributed by atoms with van der Waals surface area (Å²) in [4.78, 5) is 19.6. The summed E-state index contributed by atoms with van der Waals surface area (Å²) in [5.41, 5.74) is 2.60. The maximum absolute atomic E-state index is 14.4. The van der Waals surface area contributed by atoms with Crippen LogP contribution in [0.1, 0.15) is 41.9 Å². The first kappa shape index (κ1) is 21.0. The highest BCUT2D eigenvalue weighted by Gasteiger charge is 2.28. The second-order valence-corrected chi connectivity index (χ2v) is 9.36. The van der Waals surface area contributed by atoms with Crippen molar-refractivity contribution in [3.05, 3.63) is 47.8 Å². The van der Waals surface area contributed by atoms with E-state index in [0.717, 1.165) is 43.0 Å². The largest absolute Gasteiger partial charge is 0.371 e. The van der Waals surface area contributed by atoms with E-state index in [4.69, 9.17) is 0 Å². The second kappa shape index (κ2) is 8.05. The van der Waals surface area contributed by atoms with E-state index in [-0.39, 0.29) is 11.6 Å². The van der Waals surface area contributed by atoms with Crippen LogP contribution in [0.15, 0.2) is 30.6 Å². The van der Waals surface area contributed by atoms with Crippen LogP contribution in [0.4, 0.5) is 15.8 Å². The molecule has 34 heavy (non-hydrogen) atoms. The first-order chi connectivity index (χ1) is 16.4. The Bertz CT molecular complexity index is 1400. The molecule has 10 heteroatoms. The SMILES string of the molecule is Cc1nc2c(F)cc(NC(=O)c3ccc(N4CCC(NC5CC5)CC4)c4cn(C)nc34)cn2n1. The predicted octanol–water partition coefficient (Wildman–Crippen LogP) is 3.04. The third-order valence-corrected chi connectivity index (χ3v) is 6.65. The average molecular weight is 463 g/mol. The molecule has 6 rings (SSSR count). The van der Waals surface area contributed by atoms with Crippen LogP contribution in [0.25, 0.3) is 16.6 Å². The number of amides is 1. The normalized spacial score (nSPS) is 17.1. The summed E-state index contributed by atoms with van der Waals surface area (Å²) in [6.45, 7) is 3.63. The molecular weight excluding hydrogens is 435 g/mol. The fraction of sp³-hybridized carbons (Fsp3) is 0.417. The van der Waals surface area contributed by atoms with Gasteiger partial charge in [0.25, 0.3) is 5.91 Å². The first-order valence-corrected chi connectivity index (χ1v) is 11.8. The van der Waals surface area contributed by atoms with Gasteiger partial charge in [-0.15, -0.1) is 0 Å². The zero-order chi connectivity index (χ0) is 23.4. The van der Waals surface area contributed by atoms with Gasteiger partial charge in [-0.25, -0.2) is 13.9 Å². The molecule has 0 spiro atoms. The molecule has 0 bridgehead atoms. The summed E-state index contributed by atoms with van der Waals surface area (Å²) in [6, 6.07) is 6.37. The Hall–Kier alpha value is -3.53. The minimum Gasteiger partial charge on any atom is -0.371 e. The van der Waals surface area contributed by atoms with Crippen molar-refractivity contribution in [1.82, 2.24) is 29.7 Å². The molecular formula is C24H27FN8O. The van der Waals surface area contributed by atoms with Crippen LogP contribution in [0.2, 0.25) is 0 Å². The molecule has 0 atom stereocenters. The lowest BCUT2D eigenvalue weighted by Gasteiger charge is -2.34. The Balaban J connectivity index is 1.26. The number of carbonyl (C=O) groups excluding carboxylic acids is 1. The molecule has 3 aromatic heterocycles. The number of hydrogen-bond acceptors (Lipinski definition) is 6. The van der Waals surface area contributed by atoms with E-state index < -0.39 is 5.82 Å². The van der Waals surface area contributed by atoms with Gasteiger partial charge in [-0.1, -0.05) is 0 Å². The molecule has 2 fully saturated rings.